The van der Waals surface area contributed by atoms with Gasteiger partial charge in [0.05, 0.1) is 0 Å². The van der Waals surface area contributed by atoms with E-state index in [4.69, 9.17) is 10.8 Å². The number of nitrogens with two attached hydrogens (primary N) is 1. The van der Waals surface area contributed by atoms with Gasteiger partial charge in [0.25, 0.3) is 0 Å². The average Bonchev–Trinajstić information content (AvgIpc) is 2.53. The predicted octanol–water partition coefficient (Wildman–Crippen LogP) is 0.340. The van der Waals surface area contributed by atoms with E-state index >= 15 is 0 Å². The topological polar surface area (TPSA) is 72.0 Å². The molecule has 0 radical (unpaired) electrons. The SMILES string of the molecule is NC(CCO)CSc1ncns1. The van der Waals surface area contributed by atoms with Crippen LogP contribution in [0.4, 0.5) is 0 Å². The minimum atomic E-state index is 0.0453. The quantitative estimate of drug-likeness (QED) is 0.678. The molecular weight excluding hydrogens is 194 g/mol. The Morgan fingerprint density at radius 1 is 1.75 bits per heavy atom. The van der Waals surface area contributed by atoms with Crippen LogP contribution in [0.15, 0.2) is 10.7 Å². The number of nitrogens with zero attached hydrogens (tertiary/aromatic N) is 2. The third-order valence-corrected chi connectivity index (χ3v) is 3.25. The minimum Gasteiger partial charge on any atom is -0.396 e. The molecule has 68 valence electrons. The van der Waals surface area contributed by atoms with Crippen molar-refractivity contribution in [2.24, 2.45) is 5.73 Å². The van der Waals surface area contributed by atoms with E-state index in [9.17, 15) is 0 Å². The van der Waals surface area contributed by atoms with Crippen LogP contribution >= 0.6 is 23.3 Å². The van der Waals surface area contributed by atoms with Crippen LogP contribution in [0, 0.1) is 0 Å². The zero-order valence-electron chi connectivity index (χ0n) is 6.51. The summed E-state index contributed by atoms with van der Waals surface area (Å²) in [5, 5.41) is 8.58. The van der Waals surface area contributed by atoms with Crippen molar-refractivity contribution < 1.29 is 5.11 Å². The largest absolute Gasteiger partial charge is 0.396 e. The van der Waals surface area contributed by atoms with Crippen LogP contribution in [0.2, 0.25) is 0 Å². The van der Waals surface area contributed by atoms with Crippen molar-refractivity contribution in [3.8, 4) is 0 Å². The summed E-state index contributed by atoms with van der Waals surface area (Å²) in [5.41, 5.74) is 5.68. The van der Waals surface area contributed by atoms with Gasteiger partial charge in [0.2, 0.25) is 0 Å². The third kappa shape index (κ3) is 3.48. The van der Waals surface area contributed by atoms with Crippen LogP contribution < -0.4 is 5.73 Å². The summed E-state index contributed by atoms with van der Waals surface area (Å²) >= 11 is 2.95. The Morgan fingerprint density at radius 2 is 2.58 bits per heavy atom. The molecular formula is C6H11N3OS2. The summed E-state index contributed by atoms with van der Waals surface area (Å²) in [6.07, 6.45) is 2.18. The van der Waals surface area contributed by atoms with Gasteiger partial charge in [-0.05, 0) is 18.0 Å². The Morgan fingerprint density at radius 3 is 3.17 bits per heavy atom. The molecule has 1 rings (SSSR count). The molecule has 0 amide bonds. The van der Waals surface area contributed by atoms with E-state index in [1.807, 2.05) is 0 Å². The van der Waals surface area contributed by atoms with Gasteiger partial charge in [-0.1, -0.05) is 11.8 Å². The van der Waals surface area contributed by atoms with Crippen molar-refractivity contribution in [2.75, 3.05) is 12.4 Å². The van der Waals surface area contributed by atoms with E-state index in [2.05, 4.69) is 9.36 Å². The number of aliphatic hydroxyl groups excluding tert-OH is 1. The molecule has 1 unspecified atom stereocenters. The molecule has 0 aromatic carbocycles. The fourth-order valence-corrected chi connectivity index (χ4v) is 2.12. The number of rotatable bonds is 5. The molecule has 12 heavy (non-hydrogen) atoms. The van der Waals surface area contributed by atoms with E-state index in [0.717, 1.165) is 10.1 Å². The summed E-state index contributed by atoms with van der Waals surface area (Å²) in [6.45, 7) is 0.151. The highest BCUT2D eigenvalue weighted by molar-refractivity contribution is 8.00. The Hall–Kier alpha value is -0.170. The lowest BCUT2D eigenvalue weighted by atomic mass is 10.3. The van der Waals surface area contributed by atoms with Crippen LogP contribution in [0.25, 0.3) is 0 Å². The van der Waals surface area contributed by atoms with Gasteiger partial charge >= 0.3 is 0 Å². The summed E-state index contributed by atoms with van der Waals surface area (Å²) in [5.74, 6) is 0.787. The Bertz CT molecular complexity index is 205. The highest BCUT2D eigenvalue weighted by atomic mass is 32.2. The minimum absolute atomic E-state index is 0.0453. The van der Waals surface area contributed by atoms with E-state index in [0.29, 0.717) is 6.42 Å². The van der Waals surface area contributed by atoms with Crippen molar-refractivity contribution in [1.82, 2.24) is 9.36 Å². The normalized spacial score (nSPS) is 13.2. The molecule has 4 nitrogen and oxygen atoms in total. The van der Waals surface area contributed by atoms with Gasteiger partial charge in [0.1, 0.15) is 6.33 Å². The van der Waals surface area contributed by atoms with Crippen molar-refractivity contribution in [1.29, 1.82) is 0 Å². The molecule has 0 saturated carbocycles. The van der Waals surface area contributed by atoms with Crippen molar-refractivity contribution in [2.45, 2.75) is 16.8 Å². The molecule has 3 N–H and O–H groups in total. The highest BCUT2D eigenvalue weighted by Crippen LogP contribution is 2.18. The van der Waals surface area contributed by atoms with Gasteiger partial charge in [-0.2, -0.15) is 4.37 Å². The van der Waals surface area contributed by atoms with Gasteiger partial charge < -0.3 is 10.8 Å². The summed E-state index contributed by atoms with van der Waals surface area (Å²) in [4.78, 5) is 4.00. The van der Waals surface area contributed by atoms with Crippen molar-refractivity contribution >= 4 is 23.3 Å². The Labute approximate surface area is 79.4 Å². The molecule has 0 aliphatic carbocycles. The number of aromatic nitrogens is 2. The zero-order chi connectivity index (χ0) is 8.81. The van der Waals surface area contributed by atoms with Crippen LogP contribution in [-0.4, -0.2) is 32.9 Å². The van der Waals surface area contributed by atoms with Gasteiger partial charge in [-0.25, -0.2) is 4.98 Å². The molecule has 0 bridgehead atoms. The number of hydrogen-bond donors (Lipinski definition) is 2. The predicted molar refractivity (Wildman–Crippen MR) is 50.3 cm³/mol. The zero-order valence-corrected chi connectivity index (χ0v) is 8.14. The second-order valence-electron chi connectivity index (χ2n) is 2.29. The number of hydrogen-bond acceptors (Lipinski definition) is 6. The average molecular weight is 205 g/mol. The molecule has 0 spiro atoms. The third-order valence-electron chi connectivity index (χ3n) is 1.26. The van der Waals surface area contributed by atoms with E-state index in [1.165, 1.54) is 17.9 Å². The van der Waals surface area contributed by atoms with Crippen LogP contribution in [0.3, 0.4) is 0 Å². The molecule has 0 aliphatic rings. The molecule has 1 aromatic heterocycles. The van der Waals surface area contributed by atoms with Crippen LogP contribution in [0.1, 0.15) is 6.42 Å². The second-order valence-corrected chi connectivity index (χ2v) is 4.34. The first-order chi connectivity index (χ1) is 5.83. The van der Waals surface area contributed by atoms with Crippen molar-refractivity contribution in [3.63, 3.8) is 0 Å². The fourth-order valence-electron chi connectivity index (χ4n) is 0.654. The lowest BCUT2D eigenvalue weighted by Gasteiger charge is -2.06. The summed E-state index contributed by atoms with van der Waals surface area (Å²) in [7, 11) is 0. The summed E-state index contributed by atoms with van der Waals surface area (Å²) < 4.78 is 4.80. The van der Waals surface area contributed by atoms with Crippen LogP contribution in [0.5, 0.6) is 0 Å². The Balaban J connectivity index is 2.17. The number of aliphatic hydroxyl groups is 1. The maximum atomic E-state index is 8.58. The first kappa shape index (κ1) is 9.91. The molecule has 0 aliphatic heterocycles. The standard InChI is InChI=1S/C6H11N3OS2/c7-5(1-2-10)3-11-6-8-4-9-12-6/h4-5,10H,1-3,7H2. The highest BCUT2D eigenvalue weighted by Gasteiger charge is 2.04. The maximum Gasteiger partial charge on any atom is 0.169 e. The molecule has 0 fully saturated rings. The maximum absolute atomic E-state index is 8.58. The lowest BCUT2D eigenvalue weighted by molar-refractivity contribution is 0.279. The summed E-state index contributed by atoms with van der Waals surface area (Å²) in [6, 6.07) is 0.0453. The first-order valence-electron chi connectivity index (χ1n) is 3.59. The monoisotopic (exact) mass is 205 g/mol. The number of thioether (sulfide) groups is 1. The van der Waals surface area contributed by atoms with Gasteiger partial charge in [0, 0.05) is 18.4 Å². The van der Waals surface area contributed by atoms with Gasteiger partial charge in [-0.3, -0.25) is 0 Å². The molecule has 1 aromatic rings. The lowest BCUT2D eigenvalue weighted by Crippen LogP contribution is -2.23. The smallest absolute Gasteiger partial charge is 0.169 e. The second kappa shape index (κ2) is 5.47. The molecule has 1 atom stereocenters. The van der Waals surface area contributed by atoms with E-state index < -0.39 is 0 Å². The Kier molecular flexibility index (Phi) is 4.52. The molecule has 1 heterocycles. The molecule has 0 saturated heterocycles. The van der Waals surface area contributed by atoms with E-state index in [1.54, 1.807) is 11.8 Å². The van der Waals surface area contributed by atoms with Crippen LogP contribution in [-0.2, 0) is 0 Å². The molecule has 6 heteroatoms. The van der Waals surface area contributed by atoms with Crippen molar-refractivity contribution in [3.05, 3.63) is 6.33 Å². The fraction of sp³-hybridized carbons (Fsp3) is 0.667. The first-order valence-corrected chi connectivity index (χ1v) is 5.34. The van der Waals surface area contributed by atoms with Gasteiger partial charge in [0.15, 0.2) is 4.34 Å². The van der Waals surface area contributed by atoms with E-state index in [-0.39, 0.29) is 12.6 Å². The van der Waals surface area contributed by atoms with Gasteiger partial charge in [-0.15, -0.1) is 0 Å².